The van der Waals surface area contributed by atoms with Crippen molar-refractivity contribution < 1.29 is 24.5 Å². The van der Waals surface area contributed by atoms with Crippen molar-refractivity contribution in [1.29, 1.82) is 0 Å². The van der Waals surface area contributed by atoms with Gasteiger partial charge in [0.25, 0.3) is 0 Å². The van der Waals surface area contributed by atoms with Crippen molar-refractivity contribution in [3.63, 3.8) is 0 Å². The van der Waals surface area contributed by atoms with E-state index in [1.54, 1.807) is 6.08 Å². The average molecular weight is 804 g/mol. The highest BCUT2D eigenvalue weighted by Crippen LogP contribution is 2.15. The maximum atomic E-state index is 12.4. The molecule has 1 amide bonds. The zero-order valence-corrected chi connectivity index (χ0v) is 38.1. The second-order valence-corrected chi connectivity index (χ2v) is 17.1. The Morgan fingerprint density at radius 2 is 0.825 bits per heavy atom. The molecule has 6 heteroatoms. The molecular weight excluding hydrogens is 707 g/mol. The number of aliphatic hydroxyl groups is 2. The number of hydrogen-bond acceptors (Lipinski definition) is 5. The molecule has 2 unspecified atom stereocenters. The fourth-order valence-corrected chi connectivity index (χ4v) is 7.57. The van der Waals surface area contributed by atoms with Crippen LogP contribution < -0.4 is 5.32 Å². The van der Waals surface area contributed by atoms with E-state index in [0.29, 0.717) is 19.4 Å². The van der Waals surface area contributed by atoms with Crippen molar-refractivity contribution >= 4 is 11.9 Å². The molecule has 0 heterocycles. The molecule has 57 heavy (non-hydrogen) atoms. The number of allylic oxidation sites excluding steroid dienone is 3. The van der Waals surface area contributed by atoms with Gasteiger partial charge in [0.15, 0.2) is 0 Å². The van der Waals surface area contributed by atoms with Crippen LogP contribution in [0.4, 0.5) is 0 Å². The van der Waals surface area contributed by atoms with Gasteiger partial charge in [0, 0.05) is 12.8 Å². The molecule has 0 saturated heterocycles. The van der Waals surface area contributed by atoms with Gasteiger partial charge in [-0.1, -0.05) is 218 Å². The molecule has 6 nitrogen and oxygen atoms in total. The third-order valence-corrected chi connectivity index (χ3v) is 11.5. The van der Waals surface area contributed by atoms with Gasteiger partial charge in [-0.05, 0) is 57.8 Å². The van der Waals surface area contributed by atoms with Crippen LogP contribution in [0, 0.1) is 0 Å². The minimum atomic E-state index is -0.848. The van der Waals surface area contributed by atoms with Crippen molar-refractivity contribution in [2.24, 2.45) is 0 Å². The summed E-state index contributed by atoms with van der Waals surface area (Å²) in [5.74, 6) is -0.0880. The van der Waals surface area contributed by atoms with Crippen molar-refractivity contribution in [2.45, 2.75) is 276 Å². The lowest BCUT2D eigenvalue weighted by molar-refractivity contribution is -0.143. The van der Waals surface area contributed by atoms with Crippen molar-refractivity contribution in [3.8, 4) is 0 Å². The van der Waals surface area contributed by atoms with E-state index >= 15 is 0 Å². The van der Waals surface area contributed by atoms with Crippen LogP contribution >= 0.6 is 0 Å². The summed E-state index contributed by atoms with van der Waals surface area (Å²) in [6.07, 6.45) is 54.6. The first-order chi connectivity index (χ1) is 28.0. The second kappa shape index (κ2) is 47.0. The number of esters is 1. The molecule has 0 spiro atoms. The smallest absolute Gasteiger partial charge is 0.305 e. The minimum absolute atomic E-state index is 0.00958. The third kappa shape index (κ3) is 43.7. The molecule has 0 fully saturated rings. The topological polar surface area (TPSA) is 95.9 Å². The Bertz CT molecular complexity index is 889. The summed E-state index contributed by atoms with van der Waals surface area (Å²) in [7, 11) is 0. The molecule has 0 rings (SSSR count). The maximum absolute atomic E-state index is 12.4. The van der Waals surface area contributed by atoms with Crippen LogP contribution in [0.2, 0.25) is 0 Å². The summed E-state index contributed by atoms with van der Waals surface area (Å²) in [4.78, 5) is 24.4. The maximum Gasteiger partial charge on any atom is 0.305 e. The molecular formula is C51H97NO5. The van der Waals surface area contributed by atoms with Crippen LogP contribution in [0.3, 0.4) is 0 Å². The molecule has 0 aliphatic carbocycles. The fraction of sp³-hybridized carbons (Fsp3) is 0.882. The Labute approximate surface area is 354 Å². The van der Waals surface area contributed by atoms with Gasteiger partial charge < -0.3 is 20.3 Å². The van der Waals surface area contributed by atoms with Gasteiger partial charge in [0.1, 0.15) is 0 Å². The Hall–Kier alpha value is -1.66. The first-order valence-corrected chi connectivity index (χ1v) is 25.1. The van der Waals surface area contributed by atoms with E-state index in [1.165, 1.54) is 180 Å². The monoisotopic (exact) mass is 804 g/mol. The highest BCUT2D eigenvalue weighted by atomic mass is 16.5. The molecule has 0 radical (unpaired) electrons. The standard InChI is InChI=1S/C51H97NO5/c1-3-5-7-9-11-13-15-16-21-25-29-33-37-41-45-51(56)57-46-42-38-34-30-26-22-19-17-18-20-24-28-32-36-40-44-50(55)52-48(47-53)49(54)43-39-35-31-27-23-14-12-10-8-6-4-2/h15-16,39,43,48-49,53-54H,3-14,17-38,40-42,44-47H2,1-2H3,(H,52,55)/b16-15-,43-39+. The summed E-state index contributed by atoms with van der Waals surface area (Å²) in [5, 5.41) is 23.0. The van der Waals surface area contributed by atoms with E-state index < -0.39 is 12.1 Å². The summed E-state index contributed by atoms with van der Waals surface area (Å²) >= 11 is 0. The van der Waals surface area contributed by atoms with Crippen molar-refractivity contribution in [2.75, 3.05) is 13.2 Å². The number of carbonyl (C=O) groups excluding carboxylic acids is 2. The lowest BCUT2D eigenvalue weighted by Gasteiger charge is -2.20. The van der Waals surface area contributed by atoms with Crippen molar-refractivity contribution in [3.05, 3.63) is 24.3 Å². The number of aliphatic hydroxyl groups excluding tert-OH is 2. The highest BCUT2D eigenvalue weighted by Gasteiger charge is 2.18. The lowest BCUT2D eigenvalue weighted by Crippen LogP contribution is -2.45. The zero-order chi connectivity index (χ0) is 41.5. The van der Waals surface area contributed by atoms with Gasteiger partial charge in [-0.25, -0.2) is 0 Å². The Kier molecular flexibility index (Phi) is 45.7. The average Bonchev–Trinajstić information content (AvgIpc) is 3.21. The SMILES string of the molecule is CCCCCCC/C=C\CCCCCCCC(=O)OCCCCCCCCCCCCCCCCCC(=O)NC(CO)C(O)/C=C/CCCCCCCCCCC. The lowest BCUT2D eigenvalue weighted by atomic mass is 10.0. The van der Waals surface area contributed by atoms with E-state index in [-0.39, 0.29) is 18.5 Å². The normalized spacial score (nSPS) is 12.8. The number of ether oxygens (including phenoxy) is 1. The van der Waals surface area contributed by atoms with Gasteiger partial charge >= 0.3 is 5.97 Å². The van der Waals surface area contributed by atoms with Crippen molar-refractivity contribution in [1.82, 2.24) is 5.32 Å². The van der Waals surface area contributed by atoms with E-state index in [2.05, 4.69) is 31.3 Å². The van der Waals surface area contributed by atoms with E-state index in [0.717, 1.165) is 57.8 Å². The van der Waals surface area contributed by atoms with E-state index in [9.17, 15) is 19.8 Å². The summed E-state index contributed by atoms with van der Waals surface area (Å²) in [6.45, 7) is 4.85. The molecule has 0 saturated carbocycles. The van der Waals surface area contributed by atoms with E-state index in [4.69, 9.17) is 4.74 Å². The molecule has 3 N–H and O–H groups in total. The first kappa shape index (κ1) is 55.3. The predicted octanol–water partition coefficient (Wildman–Crippen LogP) is 14.7. The van der Waals surface area contributed by atoms with Gasteiger partial charge in [-0.3, -0.25) is 9.59 Å². The Morgan fingerprint density at radius 3 is 1.25 bits per heavy atom. The Balaban J connectivity index is 3.45. The van der Waals surface area contributed by atoms with Crippen LogP contribution in [0.1, 0.15) is 264 Å². The summed E-state index contributed by atoms with van der Waals surface area (Å²) in [6, 6.07) is -0.632. The predicted molar refractivity (Wildman–Crippen MR) is 246 cm³/mol. The van der Waals surface area contributed by atoms with Gasteiger partial charge in [0.05, 0.1) is 25.4 Å². The molecule has 0 aliphatic rings. The molecule has 0 aromatic heterocycles. The van der Waals surface area contributed by atoms with Crippen LogP contribution in [-0.2, 0) is 14.3 Å². The minimum Gasteiger partial charge on any atom is -0.466 e. The third-order valence-electron chi connectivity index (χ3n) is 11.5. The molecule has 0 aliphatic heterocycles. The van der Waals surface area contributed by atoms with Crippen LogP contribution in [0.5, 0.6) is 0 Å². The number of unbranched alkanes of at least 4 members (excludes halogenated alkanes) is 33. The Morgan fingerprint density at radius 1 is 0.474 bits per heavy atom. The van der Waals surface area contributed by atoms with Crippen LogP contribution in [0.25, 0.3) is 0 Å². The van der Waals surface area contributed by atoms with Gasteiger partial charge in [-0.2, -0.15) is 0 Å². The number of hydrogen-bond donors (Lipinski definition) is 3. The van der Waals surface area contributed by atoms with Gasteiger partial charge in [0.2, 0.25) is 5.91 Å². The number of rotatable bonds is 46. The molecule has 0 bridgehead atoms. The number of amides is 1. The molecule has 0 aromatic carbocycles. The zero-order valence-electron chi connectivity index (χ0n) is 38.1. The number of carbonyl (C=O) groups is 2. The molecule has 2 atom stereocenters. The van der Waals surface area contributed by atoms with Gasteiger partial charge in [-0.15, -0.1) is 0 Å². The largest absolute Gasteiger partial charge is 0.466 e. The second-order valence-electron chi connectivity index (χ2n) is 17.1. The van der Waals surface area contributed by atoms with E-state index in [1.807, 2.05) is 6.08 Å². The first-order valence-electron chi connectivity index (χ1n) is 25.1. The summed E-state index contributed by atoms with van der Waals surface area (Å²) < 4.78 is 5.46. The molecule has 336 valence electrons. The number of nitrogens with one attached hydrogen (secondary N) is 1. The summed E-state index contributed by atoms with van der Waals surface area (Å²) in [5.41, 5.74) is 0. The molecule has 0 aromatic rings. The van der Waals surface area contributed by atoms with Crippen LogP contribution in [0.15, 0.2) is 24.3 Å². The quantitative estimate of drug-likeness (QED) is 0.0324. The van der Waals surface area contributed by atoms with Crippen LogP contribution in [-0.4, -0.2) is 47.4 Å². The fourth-order valence-electron chi connectivity index (χ4n) is 7.57. The highest BCUT2D eigenvalue weighted by molar-refractivity contribution is 5.76.